The number of allylic oxidation sites excluding steroid dienone is 2. The molecule has 2 rings (SSSR count). The van der Waals surface area contributed by atoms with E-state index >= 15 is 0 Å². The van der Waals surface area contributed by atoms with Crippen molar-refractivity contribution in [1.29, 1.82) is 0 Å². The Labute approximate surface area is 131 Å². The number of benzene rings is 1. The van der Waals surface area contributed by atoms with E-state index in [1.165, 1.54) is 0 Å². The van der Waals surface area contributed by atoms with Gasteiger partial charge < -0.3 is 14.6 Å². The van der Waals surface area contributed by atoms with Gasteiger partial charge in [0, 0.05) is 17.2 Å². The molecule has 22 heavy (non-hydrogen) atoms. The number of ether oxygens (including phenoxy) is 2. The monoisotopic (exact) mass is 306 g/mol. The molecule has 0 atom stereocenters. The summed E-state index contributed by atoms with van der Waals surface area (Å²) in [6.45, 7) is 7.23. The summed E-state index contributed by atoms with van der Waals surface area (Å²) in [6.07, 6.45) is 2.51. The molecule has 0 fully saturated rings. The first kappa shape index (κ1) is 16.6. The van der Waals surface area contributed by atoms with Crippen LogP contribution in [-0.4, -0.2) is 24.4 Å². The Kier molecular flexibility index (Phi) is 4.61. The average molecular weight is 306 g/mol. The Morgan fingerprint density at radius 2 is 2.05 bits per heavy atom. The molecule has 1 aromatic rings. The average Bonchev–Trinajstić information content (AvgIpc) is 2.46. The predicted molar refractivity (Wildman–Crippen MR) is 86.8 cm³/mol. The largest absolute Gasteiger partial charge is 0.496 e. The Hall–Kier alpha value is -1.81. The first-order valence-corrected chi connectivity index (χ1v) is 7.42. The molecule has 0 bridgehead atoms. The number of halogens is 1. The lowest BCUT2D eigenvalue weighted by molar-refractivity contribution is 0.157. The molecular weight excluding hydrogens is 283 g/mol. The van der Waals surface area contributed by atoms with Crippen molar-refractivity contribution in [3.63, 3.8) is 0 Å². The zero-order valence-corrected chi connectivity index (χ0v) is 13.8. The highest BCUT2D eigenvalue weighted by Gasteiger charge is 2.27. The Morgan fingerprint density at radius 3 is 2.59 bits per heavy atom. The molecule has 0 aliphatic carbocycles. The Bertz CT molecular complexity index is 642. The van der Waals surface area contributed by atoms with Gasteiger partial charge in [-0.05, 0) is 50.5 Å². The van der Waals surface area contributed by atoms with Crippen LogP contribution in [0.15, 0.2) is 24.0 Å². The maximum atomic E-state index is 14.0. The molecule has 0 saturated carbocycles. The lowest BCUT2D eigenvalue weighted by atomic mass is 9.91. The topological polar surface area (TPSA) is 38.7 Å². The first-order chi connectivity index (χ1) is 10.3. The van der Waals surface area contributed by atoms with Gasteiger partial charge in [0.2, 0.25) is 0 Å². The summed E-state index contributed by atoms with van der Waals surface area (Å²) in [5.41, 5.74) is 2.73. The number of hydrogen-bond acceptors (Lipinski definition) is 3. The SMILES string of the molecule is CC/C(=C(\F)CO)c1cc2c(cc1OC)OC(C)(C)C=C2C. The lowest BCUT2D eigenvalue weighted by Crippen LogP contribution is -2.28. The summed E-state index contributed by atoms with van der Waals surface area (Å²) in [7, 11) is 1.55. The predicted octanol–water partition coefficient (Wildman–Crippen LogP) is 4.35. The van der Waals surface area contributed by atoms with Gasteiger partial charge in [-0.15, -0.1) is 0 Å². The van der Waals surface area contributed by atoms with E-state index in [4.69, 9.17) is 14.6 Å². The summed E-state index contributed by atoms with van der Waals surface area (Å²) in [6, 6.07) is 3.67. The van der Waals surface area contributed by atoms with Crippen molar-refractivity contribution >= 4 is 11.1 Å². The molecule has 4 heteroatoms. The van der Waals surface area contributed by atoms with Gasteiger partial charge in [-0.2, -0.15) is 0 Å². The number of methoxy groups -OCH3 is 1. The van der Waals surface area contributed by atoms with Crippen molar-refractivity contribution in [3.8, 4) is 11.5 Å². The van der Waals surface area contributed by atoms with E-state index in [2.05, 4.69) is 0 Å². The molecule has 0 spiro atoms. The fourth-order valence-corrected chi connectivity index (χ4v) is 2.89. The molecular formula is C18H23FO3. The van der Waals surface area contributed by atoms with Gasteiger partial charge in [-0.3, -0.25) is 0 Å². The molecule has 1 aromatic carbocycles. The summed E-state index contributed by atoms with van der Waals surface area (Å²) in [5, 5.41) is 9.11. The third-order valence-corrected chi connectivity index (χ3v) is 3.81. The molecule has 1 N–H and O–H groups in total. The minimum atomic E-state index is -0.609. The van der Waals surface area contributed by atoms with E-state index in [1.807, 2.05) is 39.8 Å². The summed E-state index contributed by atoms with van der Waals surface area (Å²) in [4.78, 5) is 0. The quantitative estimate of drug-likeness (QED) is 0.898. The van der Waals surface area contributed by atoms with Crippen LogP contribution >= 0.6 is 0 Å². The zero-order valence-electron chi connectivity index (χ0n) is 13.8. The van der Waals surface area contributed by atoms with E-state index < -0.39 is 12.4 Å². The van der Waals surface area contributed by atoms with Gasteiger partial charge in [-0.1, -0.05) is 6.92 Å². The highest BCUT2D eigenvalue weighted by atomic mass is 19.1. The summed E-state index contributed by atoms with van der Waals surface area (Å²) in [5.74, 6) is 0.745. The van der Waals surface area contributed by atoms with Gasteiger partial charge in [0.25, 0.3) is 0 Å². The van der Waals surface area contributed by atoms with E-state index in [9.17, 15) is 4.39 Å². The Morgan fingerprint density at radius 1 is 1.36 bits per heavy atom. The van der Waals surface area contributed by atoms with Crippen LogP contribution in [-0.2, 0) is 0 Å². The molecule has 0 aromatic heterocycles. The van der Waals surface area contributed by atoms with Crippen molar-refractivity contribution in [2.24, 2.45) is 0 Å². The van der Waals surface area contributed by atoms with Gasteiger partial charge in [0.05, 0.1) is 13.7 Å². The van der Waals surface area contributed by atoms with Gasteiger partial charge >= 0.3 is 0 Å². The van der Waals surface area contributed by atoms with Crippen LogP contribution < -0.4 is 9.47 Å². The number of hydrogen-bond donors (Lipinski definition) is 1. The van der Waals surface area contributed by atoms with Crippen LogP contribution in [0.3, 0.4) is 0 Å². The molecule has 3 nitrogen and oxygen atoms in total. The highest BCUT2D eigenvalue weighted by molar-refractivity contribution is 5.80. The van der Waals surface area contributed by atoms with Crippen molar-refractivity contribution in [1.82, 2.24) is 0 Å². The second kappa shape index (κ2) is 6.13. The van der Waals surface area contributed by atoms with E-state index in [0.717, 1.165) is 16.9 Å². The molecule has 0 unspecified atom stereocenters. The van der Waals surface area contributed by atoms with Crippen molar-refractivity contribution < 1.29 is 19.0 Å². The van der Waals surface area contributed by atoms with Crippen molar-refractivity contribution in [2.45, 2.75) is 39.7 Å². The minimum Gasteiger partial charge on any atom is -0.496 e. The standard InChI is InChI=1S/C18H23FO3/c1-6-12(15(19)10-20)14-7-13-11(2)9-18(3,4)22-17(13)8-16(14)21-5/h7-9,20H,6,10H2,1-5H3/b15-12+. The maximum absolute atomic E-state index is 14.0. The molecule has 0 radical (unpaired) electrons. The summed E-state index contributed by atoms with van der Waals surface area (Å²) < 4.78 is 25.4. The number of aliphatic hydroxyl groups excluding tert-OH is 1. The summed E-state index contributed by atoms with van der Waals surface area (Å²) >= 11 is 0. The maximum Gasteiger partial charge on any atom is 0.131 e. The fraction of sp³-hybridized carbons (Fsp3) is 0.444. The number of fused-ring (bicyclic) bond motifs is 1. The van der Waals surface area contributed by atoms with Gasteiger partial charge in [-0.25, -0.2) is 4.39 Å². The zero-order chi connectivity index (χ0) is 16.5. The third-order valence-electron chi connectivity index (χ3n) is 3.81. The Balaban J connectivity index is 2.67. The first-order valence-electron chi connectivity index (χ1n) is 7.42. The molecule has 1 heterocycles. The van der Waals surface area contributed by atoms with Crippen LogP contribution in [0, 0.1) is 0 Å². The molecule has 0 saturated heterocycles. The van der Waals surface area contributed by atoms with E-state index in [-0.39, 0.29) is 5.60 Å². The second-order valence-corrected chi connectivity index (χ2v) is 5.98. The van der Waals surface area contributed by atoms with E-state index in [1.54, 1.807) is 13.2 Å². The van der Waals surface area contributed by atoms with Crippen molar-refractivity contribution in [2.75, 3.05) is 13.7 Å². The fourth-order valence-electron chi connectivity index (χ4n) is 2.89. The molecule has 1 aliphatic rings. The molecule has 1 aliphatic heterocycles. The number of aliphatic hydroxyl groups is 1. The van der Waals surface area contributed by atoms with Gasteiger partial charge in [0.15, 0.2) is 0 Å². The van der Waals surface area contributed by atoms with Crippen LogP contribution in [0.5, 0.6) is 11.5 Å². The van der Waals surface area contributed by atoms with Gasteiger partial charge in [0.1, 0.15) is 22.9 Å². The third kappa shape index (κ3) is 3.02. The smallest absolute Gasteiger partial charge is 0.131 e. The normalized spacial score (nSPS) is 17.1. The van der Waals surface area contributed by atoms with Crippen molar-refractivity contribution in [3.05, 3.63) is 35.2 Å². The second-order valence-electron chi connectivity index (χ2n) is 5.98. The van der Waals surface area contributed by atoms with Crippen LogP contribution in [0.4, 0.5) is 4.39 Å². The van der Waals surface area contributed by atoms with Crippen LogP contribution in [0.25, 0.3) is 11.1 Å². The number of rotatable bonds is 4. The molecule has 0 amide bonds. The van der Waals surface area contributed by atoms with E-state index in [0.29, 0.717) is 23.3 Å². The van der Waals surface area contributed by atoms with Crippen LogP contribution in [0.1, 0.15) is 45.2 Å². The lowest BCUT2D eigenvalue weighted by Gasteiger charge is -2.31. The van der Waals surface area contributed by atoms with Crippen LogP contribution in [0.2, 0.25) is 0 Å². The minimum absolute atomic E-state index is 0.386. The molecule has 120 valence electrons. The highest BCUT2D eigenvalue weighted by Crippen LogP contribution is 2.42.